The maximum atomic E-state index is 12.8. The Hall–Kier alpha value is -1.40. The number of amides is 1. The largest absolute Gasteiger partial charge is 0.384 e. The van der Waals surface area contributed by atoms with E-state index in [2.05, 4.69) is 18.2 Å². The molecule has 6 nitrogen and oxygen atoms in total. The van der Waals surface area contributed by atoms with Gasteiger partial charge in [0.15, 0.2) is 0 Å². The summed E-state index contributed by atoms with van der Waals surface area (Å²) in [6.07, 6.45) is 2.08. The number of carbonyl (C=O) groups is 1. The molecule has 0 N–H and O–H groups in total. The Morgan fingerprint density at radius 3 is 2.91 bits per heavy atom. The van der Waals surface area contributed by atoms with Gasteiger partial charge >= 0.3 is 0 Å². The summed E-state index contributed by atoms with van der Waals surface area (Å²) < 4.78 is 12.7. The zero-order valence-electron chi connectivity index (χ0n) is 13.2. The maximum absolute atomic E-state index is 12.8. The van der Waals surface area contributed by atoms with Crippen molar-refractivity contribution in [2.24, 2.45) is 17.8 Å². The molecule has 1 amide bonds. The number of ether oxygens (including phenoxy) is 2. The molecular formula is C16H23N3O3. The Balaban J connectivity index is 1.54. The van der Waals surface area contributed by atoms with Gasteiger partial charge in [0.05, 0.1) is 25.5 Å². The third-order valence-electron chi connectivity index (χ3n) is 5.30. The van der Waals surface area contributed by atoms with E-state index in [1.807, 2.05) is 9.58 Å². The Kier molecular flexibility index (Phi) is 3.46. The molecular weight excluding hydrogens is 282 g/mol. The van der Waals surface area contributed by atoms with Crippen LogP contribution < -0.4 is 0 Å². The van der Waals surface area contributed by atoms with Crippen LogP contribution in [0.15, 0.2) is 6.20 Å². The van der Waals surface area contributed by atoms with Crippen LogP contribution in [0.25, 0.3) is 0 Å². The molecule has 0 aromatic carbocycles. The third-order valence-corrected chi connectivity index (χ3v) is 5.30. The second kappa shape index (κ2) is 5.35. The van der Waals surface area contributed by atoms with Gasteiger partial charge in [0, 0.05) is 50.3 Å². The van der Waals surface area contributed by atoms with E-state index in [0.29, 0.717) is 30.9 Å². The molecule has 4 atom stereocenters. The Labute approximate surface area is 130 Å². The zero-order chi connectivity index (χ0) is 15.3. The van der Waals surface area contributed by atoms with Crippen molar-refractivity contribution in [2.75, 3.05) is 33.5 Å². The highest BCUT2D eigenvalue weighted by Gasteiger charge is 2.59. The van der Waals surface area contributed by atoms with Gasteiger partial charge in [-0.3, -0.25) is 9.48 Å². The number of aryl methyl sites for hydroxylation is 1. The number of aromatic nitrogens is 2. The van der Waals surface area contributed by atoms with Crippen LogP contribution in [0.1, 0.15) is 24.1 Å². The summed E-state index contributed by atoms with van der Waals surface area (Å²) in [5.74, 6) is 1.61. The first-order valence-corrected chi connectivity index (χ1v) is 8.14. The van der Waals surface area contributed by atoms with Gasteiger partial charge in [-0.1, -0.05) is 0 Å². The predicted octanol–water partition coefficient (Wildman–Crippen LogP) is 0.868. The first-order chi connectivity index (χ1) is 10.7. The molecule has 0 radical (unpaired) electrons. The molecule has 2 aliphatic heterocycles. The molecule has 3 heterocycles. The van der Waals surface area contributed by atoms with Crippen molar-refractivity contribution < 1.29 is 14.3 Å². The van der Waals surface area contributed by atoms with Crippen LogP contribution in [-0.2, 0) is 27.4 Å². The monoisotopic (exact) mass is 305 g/mol. The Morgan fingerprint density at radius 1 is 1.45 bits per heavy atom. The highest BCUT2D eigenvalue weighted by atomic mass is 16.5. The smallest absolute Gasteiger partial charge is 0.226 e. The van der Waals surface area contributed by atoms with Crippen molar-refractivity contribution in [3.05, 3.63) is 17.5 Å². The van der Waals surface area contributed by atoms with Crippen molar-refractivity contribution in [1.29, 1.82) is 0 Å². The van der Waals surface area contributed by atoms with E-state index < -0.39 is 0 Å². The topological polar surface area (TPSA) is 56.6 Å². The molecule has 2 unspecified atom stereocenters. The number of methoxy groups -OCH3 is 1. The minimum Gasteiger partial charge on any atom is -0.384 e. The molecule has 6 heteroatoms. The summed E-state index contributed by atoms with van der Waals surface area (Å²) in [4.78, 5) is 14.8. The molecule has 0 spiro atoms. The lowest BCUT2D eigenvalue weighted by Gasteiger charge is -2.32. The highest BCUT2D eigenvalue weighted by Crippen LogP contribution is 2.52. The average molecular weight is 305 g/mol. The van der Waals surface area contributed by atoms with Crippen LogP contribution >= 0.6 is 0 Å². The fourth-order valence-electron chi connectivity index (χ4n) is 4.05. The summed E-state index contributed by atoms with van der Waals surface area (Å²) in [5.41, 5.74) is 2.28. The third kappa shape index (κ3) is 2.16. The van der Waals surface area contributed by atoms with E-state index in [-0.39, 0.29) is 11.8 Å². The van der Waals surface area contributed by atoms with Crippen molar-refractivity contribution in [1.82, 2.24) is 14.7 Å². The molecule has 1 aromatic rings. The Bertz CT molecular complexity index is 575. The van der Waals surface area contributed by atoms with Crippen molar-refractivity contribution in [3.63, 3.8) is 0 Å². The van der Waals surface area contributed by atoms with Crippen molar-refractivity contribution in [3.8, 4) is 0 Å². The van der Waals surface area contributed by atoms with Gasteiger partial charge < -0.3 is 14.4 Å². The first-order valence-electron chi connectivity index (χ1n) is 8.14. The van der Waals surface area contributed by atoms with Gasteiger partial charge in [-0.15, -0.1) is 0 Å². The molecule has 1 aliphatic carbocycles. The molecule has 22 heavy (non-hydrogen) atoms. The molecule has 1 saturated heterocycles. The molecule has 1 aromatic heterocycles. The SMILES string of the molecule is CCn1cc2c(n1)C(COC)CN(C(=O)C1[C@H]3COC[C@@H]13)C2. The van der Waals surface area contributed by atoms with Gasteiger partial charge in [-0.25, -0.2) is 0 Å². The van der Waals surface area contributed by atoms with E-state index >= 15 is 0 Å². The van der Waals surface area contributed by atoms with Crippen LogP contribution in [-0.4, -0.2) is 54.1 Å². The zero-order valence-corrected chi connectivity index (χ0v) is 13.2. The summed E-state index contributed by atoms with van der Waals surface area (Å²) in [7, 11) is 1.71. The number of carbonyl (C=O) groups excluding carboxylic acids is 1. The molecule has 2 fully saturated rings. The second-order valence-corrected chi connectivity index (χ2v) is 6.66. The van der Waals surface area contributed by atoms with E-state index in [1.54, 1.807) is 7.11 Å². The quantitative estimate of drug-likeness (QED) is 0.828. The Morgan fingerprint density at radius 2 is 2.23 bits per heavy atom. The normalized spacial score (nSPS) is 32.7. The lowest BCUT2D eigenvalue weighted by atomic mass is 9.96. The highest BCUT2D eigenvalue weighted by molar-refractivity contribution is 5.83. The molecule has 0 bridgehead atoms. The standard InChI is InChI=1S/C16H23N3O3/c1-3-19-6-10-4-18(5-11(7-21-2)15(10)17-19)16(20)14-12-8-22-9-13(12)14/h6,11-14H,3-5,7-9H2,1-2H3/t11?,12-,13+,14?. The number of fused-ring (bicyclic) bond motifs is 2. The summed E-state index contributed by atoms with van der Waals surface area (Å²) in [6.45, 7) is 6.47. The van der Waals surface area contributed by atoms with E-state index in [9.17, 15) is 4.79 Å². The van der Waals surface area contributed by atoms with Crippen LogP contribution in [0, 0.1) is 17.8 Å². The number of nitrogens with zero attached hydrogens (tertiary/aromatic N) is 3. The van der Waals surface area contributed by atoms with Crippen molar-refractivity contribution >= 4 is 5.91 Å². The lowest BCUT2D eigenvalue weighted by Crippen LogP contribution is -2.41. The van der Waals surface area contributed by atoms with Gasteiger partial charge in [-0.05, 0) is 18.8 Å². The van der Waals surface area contributed by atoms with Crippen LogP contribution in [0.5, 0.6) is 0 Å². The van der Waals surface area contributed by atoms with Crippen LogP contribution in [0.4, 0.5) is 0 Å². The van der Waals surface area contributed by atoms with Crippen molar-refractivity contribution in [2.45, 2.75) is 25.9 Å². The van der Waals surface area contributed by atoms with Gasteiger partial charge in [0.2, 0.25) is 5.91 Å². The van der Waals surface area contributed by atoms with Gasteiger partial charge in [0.1, 0.15) is 0 Å². The predicted molar refractivity (Wildman–Crippen MR) is 79.2 cm³/mol. The molecule has 1 saturated carbocycles. The number of hydrogen-bond donors (Lipinski definition) is 0. The van der Waals surface area contributed by atoms with Crippen LogP contribution in [0.3, 0.4) is 0 Å². The average Bonchev–Trinajstić information content (AvgIpc) is 2.91. The number of hydrogen-bond acceptors (Lipinski definition) is 4. The lowest BCUT2D eigenvalue weighted by molar-refractivity contribution is -0.135. The molecule has 3 aliphatic rings. The van der Waals surface area contributed by atoms with Gasteiger partial charge in [-0.2, -0.15) is 5.10 Å². The molecule has 120 valence electrons. The fourth-order valence-corrected chi connectivity index (χ4v) is 4.05. The van der Waals surface area contributed by atoms with E-state index in [0.717, 1.165) is 32.0 Å². The van der Waals surface area contributed by atoms with E-state index in [4.69, 9.17) is 9.47 Å². The second-order valence-electron chi connectivity index (χ2n) is 6.66. The molecule has 4 rings (SSSR count). The first kappa shape index (κ1) is 14.2. The summed E-state index contributed by atoms with van der Waals surface area (Å²) in [6, 6.07) is 0. The summed E-state index contributed by atoms with van der Waals surface area (Å²) >= 11 is 0. The maximum Gasteiger partial charge on any atom is 0.226 e. The minimum absolute atomic E-state index is 0.181. The minimum atomic E-state index is 0.181. The number of rotatable bonds is 4. The van der Waals surface area contributed by atoms with Crippen LogP contribution in [0.2, 0.25) is 0 Å². The van der Waals surface area contributed by atoms with Gasteiger partial charge in [0.25, 0.3) is 0 Å². The summed E-state index contributed by atoms with van der Waals surface area (Å²) in [5, 5.41) is 4.66. The fraction of sp³-hybridized carbons (Fsp3) is 0.750. The van der Waals surface area contributed by atoms with E-state index in [1.165, 1.54) is 5.56 Å².